The third-order valence-corrected chi connectivity index (χ3v) is 3.02. The molecular formula is C16H15F2NO2. The van der Waals surface area contributed by atoms with Gasteiger partial charge in [0.2, 0.25) is 5.91 Å². The van der Waals surface area contributed by atoms with Crippen molar-refractivity contribution in [1.29, 1.82) is 0 Å². The van der Waals surface area contributed by atoms with E-state index in [1.807, 2.05) is 24.3 Å². The van der Waals surface area contributed by atoms with E-state index in [4.69, 9.17) is 4.74 Å². The van der Waals surface area contributed by atoms with Gasteiger partial charge in [0.05, 0.1) is 12.8 Å². The highest BCUT2D eigenvalue weighted by Gasteiger charge is 2.09. The van der Waals surface area contributed by atoms with Crippen molar-refractivity contribution in [2.24, 2.45) is 0 Å². The van der Waals surface area contributed by atoms with Crippen LogP contribution >= 0.6 is 0 Å². The summed E-state index contributed by atoms with van der Waals surface area (Å²) in [6.45, 7) is 0. The van der Waals surface area contributed by atoms with E-state index < -0.39 is 11.6 Å². The summed E-state index contributed by atoms with van der Waals surface area (Å²) in [5.74, 6) is -1.11. The third-order valence-electron chi connectivity index (χ3n) is 3.02. The van der Waals surface area contributed by atoms with Gasteiger partial charge in [-0.2, -0.15) is 0 Å². The van der Waals surface area contributed by atoms with Gasteiger partial charge in [-0.05, 0) is 30.2 Å². The van der Waals surface area contributed by atoms with Gasteiger partial charge in [-0.3, -0.25) is 4.79 Å². The first kappa shape index (κ1) is 15.0. The molecule has 110 valence electrons. The Balaban J connectivity index is 1.96. The zero-order valence-corrected chi connectivity index (χ0v) is 11.5. The predicted molar refractivity (Wildman–Crippen MR) is 76.3 cm³/mol. The number of aryl methyl sites for hydroxylation is 1. The van der Waals surface area contributed by atoms with E-state index in [0.29, 0.717) is 12.2 Å². The van der Waals surface area contributed by atoms with Crippen molar-refractivity contribution in [3.63, 3.8) is 0 Å². The smallest absolute Gasteiger partial charge is 0.224 e. The zero-order chi connectivity index (χ0) is 15.2. The van der Waals surface area contributed by atoms with Crippen molar-refractivity contribution in [1.82, 2.24) is 0 Å². The number of amides is 1. The maximum atomic E-state index is 13.4. The molecule has 0 heterocycles. The minimum absolute atomic E-state index is 0.0265. The number of carbonyl (C=O) groups excluding carboxylic acids is 1. The summed E-state index contributed by atoms with van der Waals surface area (Å²) < 4.78 is 31.4. The molecule has 0 saturated carbocycles. The minimum atomic E-state index is -0.791. The second-order valence-electron chi connectivity index (χ2n) is 4.48. The van der Waals surface area contributed by atoms with Crippen molar-refractivity contribution in [3.05, 3.63) is 59.7 Å². The summed E-state index contributed by atoms with van der Waals surface area (Å²) in [7, 11) is 1.56. The fraction of sp³-hybridized carbons (Fsp3) is 0.188. The fourth-order valence-electron chi connectivity index (χ4n) is 1.96. The lowest BCUT2D eigenvalue weighted by Crippen LogP contribution is -2.13. The van der Waals surface area contributed by atoms with Gasteiger partial charge in [-0.25, -0.2) is 8.78 Å². The van der Waals surface area contributed by atoms with Gasteiger partial charge in [-0.1, -0.05) is 18.2 Å². The maximum absolute atomic E-state index is 13.4. The van der Waals surface area contributed by atoms with E-state index in [2.05, 4.69) is 5.32 Å². The van der Waals surface area contributed by atoms with Crippen LogP contribution in [0.25, 0.3) is 0 Å². The Bertz CT molecular complexity index is 644. The molecule has 0 aliphatic carbocycles. The third kappa shape index (κ3) is 4.02. The molecule has 2 aromatic carbocycles. The molecule has 0 spiro atoms. The van der Waals surface area contributed by atoms with Gasteiger partial charge in [0, 0.05) is 12.5 Å². The molecule has 5 heteroatoms. The van der Waals surface area contributed by atoms with Gasteiger partial charge in [0.15, 0.2) is 0 Å². The van der Waals surface area contributed by atoms with E-state index in [0.717, 1.165) is 17.7 Å². The number of hydrogen-bond acceptors (Lipinski definition) is 2. The van der Waals surface area contributed by atoms with Gasteiger partial charge >= 0.3 is 0 Å². The van der Waals surface area contributed by atoms with E-state index in [9.17, 15) is 13.6 Å². The van der Waals surface area contributed by atoms with Crippen LogP contribution in [0.5, 0.6) is 5.75 Å². The highest BCUT2D eigenvalue weighted by atomic mass is 19.1. The number of para-hydroxylation sites is 1. The molecule has 0 bridgehead atoms. The van der Waals surface area contributed by atoms with Crippen LogP contribution in [0, 0.1) is 11.6 Å². The summed E-state index contributed by atoms with van der Waals surface area (Å²) in [5, 5.41) is 2.42. The Morgan fingerprint density at radius 2 is 1.95 bits per heavy atom. The van der Waals surface area contributed by atoms with Crippen molar-refractivity contribution in [2.45, 2.75) is 12.8 Å². The molecule has 1 amide bonds. The van der Waals surface area contributed by atoms with Gasteiger partial charge in [-0.15, -0.1) is 0 Å². The molecule has 0 unspecified atom stereocenters. The number of hydrogen-bond donors (Lipinski definition) is 1. The van der Waals surface area contributed by atoms with Gasteiger partial charge in [0.1, 0.15) is 17.4 Å². The number of ether oxygens (including phenoxy) is 1. The molecule has 0 radical (unpaired) electrons. The lowest BCUT2D eigenvalue weighted by Gasteiger charge is -2.09. The van der Waals surface area contributed by atoms with Crippen molar-refractivity contribution >= 4 is 11.6 Å². The molecular weight excluding hydrogens is 276 g/mol. The summed E-state index contributed by atoms with van der Waals surface area (Å²) in [4.78, 5) is 11.8. The molecule has 0 fully saturated rings. The second-order valence-corrected chi connectivity index (χ2v) is 4.48. The SMILES string of the molecule is COc1ccccc1CCC(=O)Nc1ccc(F)cc1F. The first-order chi connectivity index (χ1) is 10.1. The monoisotopic (exact) mass is 291 g/mol. The van der Waals surface area contributed by atoms with Crippen LogP contribution in [0.1, 0.15) is 12.0 Å². The van der Waals surface area contributed by atoms with E-state index in [1.165, 1.54) is 6.07 Å². The van der Waals surface area contributed by atoms with Crippen LogP contribution in [-0.2, 0) is 11.2 Å². The van der Waals surface area contributed by atoms with Gasteiger partial charge < -0.3 is 10.1 Å². The lowest BCUT2D eigenvalue weighted by molar-refractivity contribution is -0.116. The van der Waals surface area contributed by atoms with Crippen LogP contribution in [0.4, 0.5) is 14.5 Å². The van der Waals surface area contributed by atoms with E-state index >= 15 is 0 Å². The molecule has 3 nitrogen and oxygen atoms in total. The number of carbonyl (C=O) groups is 1. The molecule has 2 rings (SSSR count). The molecule has 21 heavy (non-hydrogen) atoms. The standard InChI is InChI=1S/C16H15F2NO2/c1-21-15-5-3-2-4-11(15)6-9-16(20)19-14-8-7-12(17)10-13(14)18/h2-5,7-8,10H,6,9H2,1H3,(H,19,20). The summed E-state index contributed by atoms with van der Waals surface area (Å²) in [5.41, 5.74) is 0.871. The van der Waals surface area contributed by atoms with Crippen molar-refractivity contribution in [2.75, 3.05) is 12.4 Å². The molecule has 0 aliphatic heterocycles. The first-order valence-electron chi connectivity index (χ1n) is 6.47. The minimum Gasteiger partial charge on any atom is -0.496 e. The quantitative estimate of drug-likeness (QED) is 0.915. The molecule has 0 aromatic heterocycles. The number of halogens is 2. The lowest BCUT2D eigenvalue weighted by atomic mass is 10.1. The highest BCUT2D eigenvalue weighted by Crippen LogP contribution is 2.20. The number of nitrogens with one attached hydrogen (secondary N) is 1. The summed E-state index contributed by atoms with van der Waals surface area (Å²) in [6.07, 6.45) is 0.649. The molecule has 0 atom stereocenters. The Kier molecular flexibility index (Phi) is 4.87. The van der Waals surface area contributed by atoms with E-state index in [1.54, 1.807) is 7.11 Å². The maximum Gasteiger partial charge on any atom is 0.224 e. The Hall–Kier alpha value is -2.43. The highest BCUT2D eigenvalue weighted by molar-refractivity contribution is 5.90. The second kappa shape index (κ2) is 6.83. The van der Waals surface area contributed by atoms with E-state index in [-0.39, 0.29) is 18.0 Å². The predicted octanol–water partition coefficient (Wildman–Crippen LogP) is 3.54. The van der Waals surface area contributed by atoms with Crippen molar-refractivity contribution < 1.29 is 18.3 Å². The van der Waals surface area contributed by atoms with Crippen LogP contribution < -0.4 is 10.1 Å². The molecule has 1 N–H and O–H groups in total. The Labute approximate surface area is 121 Å². The Morgan fingerprint density at radius 1 is 1.19 bits per heavy atom. The molecule has 0 saturated heterocycles. The average molecular weight is 291 g/mol. The number of rotatable bonds is 5. The van der Waals surface area contributed by atoms with Gasteiger partial charge in [0.25, 0.3) is 0 Å². The fourth-order valence-corrected chi connectivity index (χ4v) is 1.96. The number of benzene rings is 2. The Morgan fingerprint density at radius 3 is 2.67 bits per heavy atom. The normalized spacial score (nSPS) is 10.2. The van der Waals surface area contributed by atoms with Crippen LogP contribution in [0.2, 0.25) is 0 Å². The van der Waals surface area contributed by atoms with Crippen LogP contribution in [-0.4, -0.2) is 13.0 Å². The number of anilines is 1. The first-order valence-corrected chi connectivity index (χ1v) is 6.47. The molecule has 2 aromatic rings. The molecule has 0 aliphatic rings. The number of methoxy groups -OCH3 is 1. The summed E-state index contributed by atoms with van der Waals surface area (Å²) >= 11 is 0. The van der Waals surface area contributed by atoms with Crippen molar-refractivity contribution in [3.8, 4) is 5.75 Å². The summed E-state index contributed by atoms with van der Waals surface area (Å²) in [6, 6.07) is 10.4. The van der Waals surface area contributed by atoms with Crippen LogP contribution in [0.15, 0.2) is 42.5 Å². The van der Waals surface area contributed by atoms with Crippen LogP contribution in [0.3, 0.4) is 0 Å². The zero-order valence-electron chi connectivity index (χ0n) is 11.5. The average Bonchev–Trinajstić information content (AvgIpc) is 2.48. The topological polar surface area (TPSA) is 38.3 Å². The largest absolute Gasteiger partial charge is 0.496 e.